The highest BCUT2D eigenvalue weighted by Crippen LogP contribution is 2.20. The summed E-state index contributed by atoms with van der Waals surface area (Å²) in [6.45, 7) is 2.43. The Kier molecular flexibility index (Phi) is 4.57. The normalized spacial score (nSPS) is 12.5. The van der Waals surface area contributed by atoms with Crippen LogP contribution in [0.25, 0.3) is 0 Å². The molecule has 0 aromatic carbocycles. The Morgan fingerprint density at radius 1 is 1.79 bits per heavy atom. The van der Waals surface area contributed by atoms with Crippen LogP contribution in [0.5, 0.6) is 0 Å². The molecule has 14 heavy (non-hydrogen) atoms. The zero-order valence-electron chi connectivity index (χ0n) is 8.04. The first-order valence-electron chi connectivity index (χ1n) is 4.17. The monoisotopic (exact) mass is 277 g/mol. The van der Waals surface area contributed by atoms with E-state index in [1.54, 1.807) is 13.2 Å². The molecule has 0 radical (unpaired) electrons. The predicted molar refractivity (Wildman–Crippen MR) is 60.8 cm³/mol. The molecular formula is C9H12BrNO2S. The Bertz CT molecular complexity index is 314. The summed E-state index contributed by atoms with van der Waals surface area (Å²) in [5.41, 5.74) is 0.685. The average Bonchev–Trinajstić information content (AvgIpc) is 2.52. The minimum absolute atomic E-state index is 0.0335. The maximum Gasteiger partial charge on any atom is 0.252 e. The van der Waals surface area contributed by atoms with Crippen molar-refractivity contribution < 1.29 is 9.53 Å². The van der Waals surface area contributed by atoms with E-state index in [4.69, 9.17) is 4.74 Å². The highest BCUT2D eigenvalue weighted by atomic mass is 79.9. The maximum atomic E-state index is 11.6. The molecule has 0 saturated carbocycles. The van der Waals surface area contributed by atoms with Gasteiger partial charge in [0.2, 0.25) is 0 Å². The quantitative estimate of drug-likeness (QED) is 0.917. The molecule has 1 heterocycles. The molecule has 0 aliphatic rings. The molecule has 0 aliphatic heterocycles. The van der Waals surface area contributed by atoms with Crippen LogP contribution in [0.4, 0.5) is 0 Å². The molecule has 1 aromatic heterocycles. The summed E-state index contributed by atoms with van der Waals surface area (Å²) in [6.07, 6.45) is 0. The van der Waals surface area contributed by atoms with Gasteiger partial charge in [-0.25, -0.2) is 0 Å². The number of nitrogens with one attached hydrogen (secondary N) is 1. The lowest BCUT2D eigenvalue weighted by molar-refractivity contribution is 0.0906. The molecule has 1 aromatic rings. The number of carbonyl (C=O) groups is 1. The van der Waals surface area contributed by atoms with E-state index in [1.165, 1.54) is 11.3 Å². The first kappa shape index (κ1) is 11.7. The Morgan fingerprint density at radius 3 is 3.00 bits per heavy atom. The first-order chi connectivity index (χ1) is 6.63. The number of ether oxygens (including phenoxy) is 1. The third kappa shape index (κ3) is 3.40. The van der Waals surface area contributed by atoms with Gasteiger partial charge in [-0.2, -0.15) is 0 Å². The summed E-state index contributed by atoms with van der Waals surface area (Å²) in [5.74, 6) is -0.0588. The average molecular weight is 278 g/mol. The van der Waals surface area contributed by atoms with Gasteiger partial charge in [0.05, 0.1) is 16.0 Å². The second-order valence-corrected chi connectivity index (χ2v) is 5.26. The highest BCUT2D eigenvalue weighted by Gasteiger charge is 2.10. The van der Waals surface area contributed by atoms with Gasteiger partial charge in [0.1, 0.15) is 0 Å². The summed E-state index contributed by atoms with van der Waals surface area (Å²) in [7, 11) is 1.61. The largest absolute Gasteiger partial charge is 0.383 e. The van der Waals surface area contributed by atoms with E-state index in [2.05, 4.69) is 21.2 Å². The van der Waals surface area contributed by atoms with Gasteiger partial charge in [0, 0.05) is 18.5 Å². The van der Waals surface area contributed by atoms with Crippen LogP contribution in [-0.4, -0.2) is 25.7 Å². The van der Waals surface area contributed by atoms with Gasteiger partial charge in [0.25, 0.3) is 5.91 Å². The van der Waals surface area contributed by atoms with Crippen LogP contribution >= 0.6 is 27.3 Å². The smallest absolute Gasteiger partial charge is 0.252 e. The van der Waals surface area contributed by atoms with Crippen LogP contribution in [-0.2, 0) is 4.74 Å². The third-order valence-corrected chi connectivity index (χ3v) is 3.13. The van der Waals surface area contributed by atoms with Crippen LogP contribution in [0.3, 0.4) is 0 Å². The first-order valence-corrected chi connectivity index (χ1v) is 5.84. The lowest BCUT2D eigenvalue weighted by Crippen LogP contribution is -2.35. The lowest BCUT2D eigenvalue weighted by atomic mass is 10.3. The number of rotatable bonds is 4. The summed E-state index contributed by atoms with van der Waals surface area (Å²) < 4.78 is 5.88. The minimum atomic E-state index is -0.0588. The topological polar surface area (TPSA) is 38.3 Å². The van der Waals surface area contributed by atoms with Gasteiger partial charge in [-0.15, -0.1) is 11.3 Å². The molecule has 78 valence electrons. The fourth-order valence-electron chi connectivity index (χ4n) is 1.03. The fourth-order valence-corrected chi connectivity index (χ4v) is 2.16. The molecule has 0 bridgehead atoms. The van der Waals surface area contributed by atoms with Crippen molar-refractivity contribution in [3.63, 3.8) is 0 Å². The molecule has 0 fully saturated rings. The molecular weight excluding hydrogens is 266 g/mol. The number of hydrogen-bond donors (Lipinski definition) is 1. The van der Waals surface area contributed by atoms with Crippen LogP contribution in [0.15, 0.2) is 15.2 Å². The van der Waals surface area contributed by atoms with Gasteiger partial charge in [-0.1, -0.05) is 0 Å². The molecule has 1 rings (SSSR count). The fraction of sp³-hybridized carbons (Fsp3) is 0.444. The van der Waals surface area contributed by atoms with Crippen molar-refractivity contribution in [1.82, 2.24) is 5.32 Å². The number of halogens is 1. The third-order valence-electron chi connectivity index (χ3n) is 1.62. The van der Waals surface area contributed by atoms with Crippen LogP contribution in [0.2, 0.25) is 0 Å². The summed E-state index contributed by atoms with van der Waals surface area (Å²) in [6, 6.07) is 1.84. The van der Waals surface area contributed by atoms with E-state index >= 15 is 0 Å². The van der Waals surface area contributed by atoms with Crippen LogP contribution in [0.1, 0.15) is 17.3 Å². The molecule has 1 N–H and O–H groups in total. The van der Waals surface area contributed by atoms with E-state index in [-0.39, 0.29) is 11.9 Å². The number of thiophene rings is 1. The van der Waals surface area contributed by atoms with Crippen molar-refractivity contribution in [2.24, 2.45) is 0 Å². The van der Waals surface area contributed by atoms with Crippen LogP contribution < -0.4 is 5.32 Å². The molecule has 0 aliphatic carbocycles. The molecule has 1 atom stereocenters. The molecule has 1 unspecified atom stereocenters. The van der Waals surface area contributed by atoms with Gasteiger partial charge < -0.3 is 10.1 Å². The van der Waals surface area contributed by atoms with Crippen molar-refractivity contribution in [2.45, 2.75) is 13.0 Å². The highest BCUT2D eigenvalue weighted by molar-refractivity contribution is 9.11. The van der Waals surface area contributed by atoms with Crippen molar-refractivity contribution in [3.8, 4) is 0 Å². The number of carbonyl (C=O) groups excluding carboxylic acids is 1. The van der Waals surface area contributed by atoms with E-state index in [1.807, 2.05) is 12.3 Å². The second-order valence-electron chi connectivity index (χ2n) is 2.97. The lowest BCUT2D eigenvalue weighted by Gasteiger charge is -2.11. The molecule has 3 nitrogen and oxygen atoms in total. The molecule has 0 saturated heterocycles. The van der Waals surface area contributed by atoms with E-state index < -0.39 is 0 Å². The Morgan fingerprint density at radius 2 is 2.50 bits per heavy atom. The van der Waals surface area contributed by atoms with Gasteiger partial charge in [-0.3, -0.25) is 4.79 Å². The Hall–Kier alpha value is -0.390. The van der Waals surface area contributed by atoms with Gasteiger partial charge in [-0.05, 0) is 28.9 Å². The van der Waals surface area contributed by atoms with E-state index in [9.17, 15) is 4.79 Å². The van der Waals surface area contributed by atoms with E-state index in [0.29, 0.717) is 12.2 Å². The van der Waals surface area contributed by atoms with Gasteiger partial charge in [0.15, 0.2) is 0 Å². The molecule has 0 spiro atoms. The van der Waals surface area contributed by atoms with Crippen molar-refractivity contribution >= 4 is 33.2 Å². The number of methoxy groups -OCH3 is 1. The van der Waals surface area contributed by atoms with Crippen molar-refractivity contribution in [3.05, 3.63) is 20.8 Å². The Balaban J connectivity index is 2.50. The van der Waals surface area contributed by atoms with E-state index in [0.717, 1.165) is 3.79 Å². The SMILES string of the molecule is COCC(C)NC(=O)c1csc(Br)c1. The van der Waals surface area contributed by atoms with Crippen LogP contribution in [0, 0.1) is 0 Å². The number of amides is 1. The predicted octanol–water partition coefficient (Wildman–Crippen LogP) is 2.28. The molecule has 1 amide bonds. The summed E-state index contributed by atoms with van der Waals surface area (Å²) in [5, 5.41) is 4.65. The van der Waals surface area contributed by atoms with Gasteiger partial charge >= 0.3 is 0 Å². The zero-order chi connectivity index (χ0) is 10.6. The zero-order valence-corrected chi connectivity index (χ0v) is 10.4. The maximum absolute atomic E-state index is 11.6. The Labute approximate surface area is 95.6 Å². The molecule has 5 heteroatoms. The summed E-state index contributed by atoms with van der Waals surface area (Å²) >= 11 is 4.81. The number of hydrogen-bond acceptors (Lipinski definition) is 3. The minimum Gasteiger partial charge on any atom is -0.383 e. The second kappa shape index (κ2) is 5.48. The van der Waals surface area contributed by atoms with Crippen molar-refractivity contribution in [2.75, 3.05) is 13.7 Å². The summed E-state index contributed by atoms with van der Waals surface area (Å²) in [4.78, 5) is 11.6. The van der Waals surface area contributed by atoms with Crippen molar-refractivity contribution in [1.29, 1.82) is 0 Å². The standard InChI is InChI=1S/C9H12BrNO2S/c1-6(4-13-2)11-9(12)7-3-8(10)14-5-7/h3,5-6H,4H2,1-2H3,(H,11,12).